The first kappa shape index (κ1) is 59.3. The molecule has 84 heavy (non-hydrogen) atoms. The number of nitriles is 1. The van der Waals surface area contributed by atoms with Gasteiger partial charge >= 0.3 is 6.01 Å². The molecular formula is C62H64ClF4N11O5S. The maximum absolute atomic E-state index is 15.4. The molecule has 0 aliphatic carbocycles. The summed E-state index contributed by atoms with van der Waals surface area (Å²) in [6.45, 7) is 14.2. The van der Waals surface area contributed by atoms with Gasteiger partial charge in [-0.25, -0.2) is 22.2 Å². The van der Waals surface area contributed by atoms with Crippen molar-refractivity contribution < 1.29 is 41.4 Å². The average molecular weight is 1190 g/mol. The van der Waals surface area contributed by atoms with Gasteiger partial charge in [-0.1, -0.05) is 85.3 Å². The summed E-state index contributed by atoms with van der Waals surface area (Å²) in [4.78, 5) is 34.7. The van der Waals surface area contributed by atoms with Gasteiger partial charge in [0.1, 0.15) is 52.4 Å². The molecule has 4 N–H and O–H groups in total. The van der Waals surface area contributed by atoms with Gasteiger partial charge in [0.05, 0.1) is 52.3 Å². The molecule has 4 aliphatic heterocycles. The Morgan fingerprint density at radius 1 is 0.940 bits per heavy atom. The normalized spacial score (nSPS) is 18.2. The monoisotopic (exact) mass is 1190 g/mol. The van der Waals surface area contributed by atoms with E-state index in [9.17, 15) is 28.0 Å². The van der Waals surface area contributed by atoms with Gasteiger partial charge in [-0.05, 0) is 92.5 Å². The first-order valence-electron chi connectivity index (χ1n) is 28.0. The molecule has 0 saturated carbocycles. The van der Waals surface area contributed by atoms with Gasteiger partial charge < -0.3 is 40.4 Å². The number of rotatable bonds is 15. The number of hydrogen-bond acceptors (Lipinski definition) is 14. The van der Waals surface area contributed by atoms with Crippen LogP contribution in [0.2, 0.25) is 5.02 Å². The lowest BCUT2D eigenvalue weighted by Crippen LogP contribution is -2.44. The number of amides is 2. The molecule has 16 nitrogen and oxygen atoms in total. The van der Waals surface area contributed by atoms with E-state index in [2.05, 4.69) is 59.6 Å². The minimum Gasteiger partial charge on any atom is -0.486 e. The van der Waals surface area contributed by atoms with Crippen LogP contribution in [0.25, 0.3) is 54.5 Å². The van der Waals surface area contributed by atoms with E-state index < -0.39 is 28.8 Å². The molecular weight excluding hydrogens is 1120 g/mol. The molecule has 4 fully saturated rings. The fourth-order valence-electron chi connectivity index (χ4n) is 11.0. The van der Waals surface area contributed by atoms with E-state index in [1.165, 1.54) is 31.0 Å². The van der Waals surface area contributed by atoms with Gasteiger partial charge in [0.2, 0.25) is 12.8 Å². The van der Waals surface area contributed by atoms with E-state index in [1.807, 2.05) is 46.1 Å². The molecule has 438 valence electrons. The summed E-state index contributed by atoms with van der Waals surface area (Å²) in [7, 11) is 0. The highest BCUT2D eigenvalue weighted by molar-refractivity contribution is 7.23. The van der Waals surface area contributed by atoms with Crippen LogP contribution in [0.15, 0.2) is 85.1 Å². The average Bonchev–Trinajstić information content (AvgIpc) is 1.54. The van der Waals surface area contributed by atoms with Gasteiger partial charge in [0, 0.05) is 72.5 Å². The van der Waals surface area contributed by atoms with E-state index in [0.717, 1.165) is 97.0 Å². The number of nitrogens with zero attached hydrogens (tertiary/aromatic N) is 8. The maximum Gasteiger partial charge on any atom is 0.319 e. The molecule has 2 amide bonds. The number of likely N-dealkylation sites (tertiary alicyclic amines) is 1. The highest BCUT2D eigenvalue weighted by Crippen LogP contribution is 2.50. The van der Waals surface area contributed by atoms with E-state index in [0.29, 0.717) is 75.8 Å². The topological polar surface area (TPSA) is 199 Å². The largest absolute Gasteiger partial charge is 0.486 e. The number of thiophene rings is 1. The van der Waals surface area contributed by atoms with Crippen LogP contribution in [0, 0.1) is 40.5 Å². The molecule has 8 aromatic rings. The van der Waals surface area contributed by atoms with Crippen molar-refractivity contribution in [1.29, 1.82) is 5.26 Å². The van der Waals surface area contributed by atoms with Gasteiger partial charge in [-0.2, -0.15) is 15.2 Å². The molecule has 4 saturated heterocycles. The highest BCUT2D eigenvalue weighted by atomic mass is 35.5. The molecule has 7 heterocycles. The Balaban J connectivity index is 0.000000230. The lowest BCUT2D eigenvalue weighted by Gasteiger charge is -2.30. The zero-order valence-electron chi connectivity index (χ0n) is 47.1. The van der Waals surface area contributed by atoms with Crippen molar-refractivity contribution >= 4 is 67.6 Å². The summed E-state index contributed by atoms with van der Waals surface area (Å²) in [5, 5.41) is 26.8. The van der Waals surface area contributed by atoms with Crippen LogP contribution in [0.5, 0.6) is 11.8 Å². The van der Waals surface area contributed by atoms with Crippen LogP contribution >= 0.6 is 22.9 Å². The molecule has 22 heteroatoms. The van der Waals surface area contributed by atoms with Gasteiger partial charge in [-0.15, -0.1) is 16.4 Å². The molecule has 0 radical (unpaired) electrons. The highest BCUT2D eigenvalue weighted by Gasteiger charge is 2.40. The summed E-state index contributed by atoms with van der Waals surface area (Å²) in [5.41, 5.74) is 11.2. The number of hydrogen-bond donors (Lipinski definition) is 3. The quantitative estimate of drug-likeness (QED) is 0.0498. The summed E-state index contributed by atoms with van der Waals surface area (Å²) in [5.74, 6) is -2.11. The Kier molecular flexibility index (Phi) is 18.3. The molecule has 5 unspecified atom stereocenters. The fraction of sp³-hybridized carbons (Fsp3) is 0.371. The molecule has 3 aromatic heterocycles. The van der Waals surface area contributed by atoms with Crippen molar-refractivity contribution in [3.05, 3.63) is 130 Å². The minimum absolute atomic E-state index is 0.112. The predicted molar refractivity (Wildman–Crippen MR) is 317 cm³/mol. The molecule has 5 atom stereocenters. The fourth-order valence-corrected chi connectivity index (χ4v) is 12.2. The van der Waals surface area contributed by atoms with E-state index >= 15 is 4.39 Å². The van der Waals surface area contributed by atoms with Crippen molar-refractivity contribution in [2.24, 2.45) is 5.92 Å². The number of halogens is 5. The van der Waals surface area contributed by atoms with E-state index in [4.69, 9.17) is 41.5 Å². The number of nitrogens with one attached hydrogen (secondary N) is 2. The second kappa shape index (κ2) is 25.9. The summed E-state index contributed by atoms with van der Waals surface area (Å²) in [6, 6.07) is 24.2. The Labute approximate surface area is 492 Å². The summed E-state index contributed by atoms with van der Waals surface area (Å²) >= 11 is 8.35. The third-order valence-electron chi connectivity index (χ3n) is 16.2. The van der Waals surface area contributed by atoms with Crippen LogP contribution < -0.4 is 30.7 Å². The molecule has 2 bridgehead atoms. The first-order valence-corrected chi connectivity index (χ1v) is 29.2. The van der Waals surface area contributed by atoms with Crippen molar-refractivity contribution in [2.75, 3.05) is 43.5 Å². The smallest absolute Gasteiger partial charge is 0.319 e. The number of nitrogen functional groups attached to an aromatic ring is 1. The number of ether oxygens (including phenoxy) is 3. The third-order valence-corrected chi connectivity index (χ3v) is 17.5. The SMILES string of the molecule is CC(C)C(C)n1cc(-c2ccc(COc3c(-c4ccc(F)c5sc(N)c(C#N)c45)c(Cl)cc4c(N5CC6CC5CN6)nc(OC5CCOCC5)nc34)cc2)nn1.CC(NC=O)c1ccc(-c2c(F)ccc(F)c2F)cc1.CC1CCCN1C=O. The van der Waals surface area contributed by atoms with Crippen LogP contribution in [0.3, 0.4) is 0 Å². The lowest BCUT2D eigenvalue weighted by atomic mass is 9.96. The Morgan fingerprint density at radius 2 is 1.67 bits per heavy atom. The van der Waals surface area contributed by atoms with Crippen LogP contribution in [0.4, 0.5) is 28.4 Å². The number of nitrogens with two attached hydrogens (primary N) is 1. The number of benzene rings is 5. The van der Waals surface area contributed by atoms with E-state index in [-0.39, 0.29) is 57.7 Å². The van der Waals surface area contributed by atoms with E-state index in [1.54, 1.807) is 25.1 Å². The number of aromatic nitrogens is 5. The second-order valence-electron chi connectivity index (χ2n) is 21.9. The third kappa shape index (κ3) is 12.5. The predicted octanol–water partition coefficient (Wildman–Crippen LogP) is 12.1. The van der Waals surface area contributed by atoms with Crippen LogP contribution in [-0.2, 0) is 20.9 Å². The number of fused-ring (bicyclic) bond motifs is 4. The second-order valence-corrected chi connectivity index (χ2v) is 23.3. The first-order chi connectivity index (χ1) is 40.5. The van der Waals surface area contributed by atoms with Crippen molar-refractivity contribution in [2.45, 2.75) is 110 Å². The lowest BCUT2D eigenvalue weighted by molar-refractivity contribution is -0.118. The zero-order chi connectivity index (χ0) is 59.3. The number of anilines is 2. The van der Waals surface area contributed by atoms with Crippen molar-refractivity contribution in [1.82, 2.24) is 40.5 Å². The number of carbonyl (C=O) groups is 2. The molecule has 4 aliphatic rings. The van der Waals surface area contributed by atoms with Gasteiger partial charge in [-0.3, -0.25) is 9.59 Å². The maximum atomic E-state index is 15.4. The Morgan fingerprint density at radius 3 is 2.31 bits per heavy atom. The Hall–Kier alpha value is -7.90. The number of piperazine rings is 1. The number of carbonyl (C=O) groups excluding carboxylic acids is 2. The van der Waals surface area contributed by atoms with Crippen LogP contribution in [0.1, 0.15) is 95.5 Å². The van der Waals surface area contributed by atoms with Crippen molar-refractivity contribution in [3.8, 4) is 51.3 Å². The van der Waals surface area contributed by atoms with Crippen LogP contribution in [-0.4, -0.2) is 99.8 Å². The van der Waals surface area contributed by atoms with Gasteiger partial charge in [0.25, 0.3) is 0 Å². The Bertz CT molecular complexity index is 3730. The molecule has 0 spiro atoms. The van der Waals surface area contributed by atoms with Gasteiger partial charge in [0.15, 0.2) is 17.4 Å². The summed E-state index contributed by atoms with van der Waals surface area (Å²) in [6.07, 6.45) is 8.18. The minimum atomic E-state index is -1.21. The van der Waals surface area contributed by atoms with Crippen molar-refractivity contribution in [3.63, 3.8) is 0 Å². The summed E-state index contributed by atoms with van der Waals surface area (Å²) < 4.78 is 76.9. The molecule has 5 aromatic carbocycles. The standard InChI is InChI=1S/C41H41ClFN9O3S.C15H12F3NO.C6H11NO/c1-21(2)22(3)52-19-33(49-50-52)24-6-4-23(5-7-24)20-54-37-35(28-8-9-32(43)38-34(28)30(16-44)39(45)56-38)31(42)15-29-36(37)47-41(55-27-10-12-53-13-11-27)48-40(29)51-18-25-14-26(51)17-46-25;1-9(19-8-20)10-2-4-11(5-3-10)14-12(16)6-7-13(17)15(14)18;1-6-3-2-4-7(6)5-8/h4-9,15,19,21-22,25-27,46H,10-14,17-18,20,45H2,1-3H3;2-9H,1H3,(H,19,20);5-6H,2-4H2,1H3. The zero-order valence-corrected chi connectivity index (χ0v) is 48.6. The molecule has 12 rings (SSSR count).